The summed E-state index contributed by atoms with van der Waals surface area (Å²) in [5.74, 6) is -2.65. The average molecular weight is 292 g/mol. The fourth-order valence-electron chi connectivity index (χ4n) is 1.75. The number of carbonyl (C=O) groups excluding carboxylic acids is 3. The third kappa shape index (κ3) is 3.92. The molecule has 0 aliphatic carbocycles. The third-order valence-electron chi connectivity index (χ3n) is 2.80. The van der Waals surface area contributed by atoms with Crippen LogP contribution in [0.4, 0.5) is 0 Å². The minimum atomic E-state index is -1.43. The van der Waals surface area contributed by atoms with Crippen molar-refractivity contribution in [3.63, 3.8) is 0 Å². The number of esters is 2. The highest BCUT2D eigenvalue weighted by atomic mass is 16.5. The van der Waals surface area contributed by atoms with Crippen molar-refractivity contribution >= 4 is 24.3 Å². The smallest absolute Gasteiger partial charge is 0.324 e. The Morgan fingerprint density at radius 2 is 1.62 bits per heavy atom. The number of benzene rings is 1. The lowest BCUT2D eigenvalue weighted by Gasteiger charge is -2.13. The number of aldehydes is 1. The molecule has 0 radical (unpaired) electrons. The predicted molar refractivity (Wildman–Crippen MR) is 74.6 cm³/mol. The van der Waals surface area contributed by atoms with Gasteiger partial charge in [-0.15, -0.1) is 0 Å². The molecule has 0 aliphatic heterocycles. The van der Waals surface area contributed by atoms with E-state index in [0.29, 0.717) is 17.6 Å². The highest BCUT2D eigenvalue weighted by molar-refractivity contribution is 6.05. The minimum absolute atomic E-state index is 0.0711. The van der Waals surface area contributed by atoms with Crippen molar-refractivity contribution in [3.05, 3.63) is 35.4 Å². The van der Waals surface area contributed by atoms with Crippen LogP contribution >= 0.6 is 0 Å². The minimum Gasteiger partial charge on any atom is -0.496 e. The summed E-state index contributed by atoms with van der Waals surface area (Å²) in [7, 11) is 3.74. The quantitative estimate of drug-likeness (QED) is 0.340. The molecule has 1 aromatic carbocycles. The van der Waals surface area contributed by atoms with Crippen LogP contribution in [-0.4, -0.2) is 39.6 Å². The van der Waals surface area contributed by atoms with E-state index < -0.39 is 17.9 Å². The molecule has 1 aromatic rings. The standard InChI is InChI=1S/C15H16O6/c1-19-12-7-5-4-6-10(12)8-11(9-16)13(14(17)20-2)15(18)21-3/h4-9,13H,1-3H3/b11-8+. The normalized spacial score (nSPS) is 11.0. The fourth-order valence-corrected chi connectivity index (χ4v) is 1.75. The Morgan fingerprint density at radius 3 is 2.10 bits per heavy atom. The maximum atomic E-state index is 11.7. The molecule has 0 fully saturated rings. The van der Waals surface area contributed by atoms with E-state index >= 15 is 0 Å². The van der Waals surface area contributed by atoms with Gasteiger partial charge in [-0.05, 0) is 12.1 Å². The third-order valence-corrected chi connectivity index (χ3v) is 2.80. The van der Waals surface area contributed by atoms with Crippen molar-refractivity contribution in [2.75, 3.05) is 21.3 Å². The molecule has 0 N–H and O–H groups in total. The monoisotopic (exact) mass is 292 g/mol. The van der Waals surface area contributed by atoms with Crippen molar-refractivity contribution in [2.24, 2.45) is 5.92 Å². The second-order valence-electron chi connectivity index (χ2n) is 3.98. The van der Waals surface area contributed by atoms with Crippen LogP contribution in [0, 0.1) is 5.92 Å². The number of carbonyl (C=O) groups is 3. The molecular formula is C15H16O6. The van der Waals surface area contributed by atoms with Gasteiger partial charge in [-0.1, -0.05) is 18.2 Å². The molecule has 1 rings (SSSR count). The Morgan fingerprint density at radius 1 is 1.05 bits per heavy atom. The molecule has 0 amide bonds. The number of para-hydroxylation sites is 1. The molecule has 0 atom stereocenters. The highest BCUT2D eigenvalue weighted by Crippen LogP contribution is 2.23. The summed E-state index contributed by atoms with van der Waals surface area (Å²) < 4.78 is 14.2. The van der Waals surface area contributed by atoms with E-state index in [1.807, 2.05) is 0 Å². The number of hydrogen-bond acceptors (Lipinski definition) is 6. The molecule has 0 aromatic heterocycles. The summed E-state index contributed by atoms with van der Waals surface area (Å²) in [6, 6.07) is 6.88. The van der Waals surface area contributed by atoms with Crippen LogP contribution in [0.2, 0.25) is 0 Å². The van der Waals surface area contributed by atoms with Gasteiger partial charge in [0.1, 0.15) is 12.0 Å². The molecule has 0 aliphatic rings. The van der Waals surface area contributed by atoms with Gasteiger partial charge in [-0.25, -0.2) is 0 Å². The summed E-state index contributed by atoms with van der Waals surface area (Å²) in [5.41, 5.74) is 0.484. The van der Waals surface area contributed by atoms with Gasteiger partial charge < -0.3 is 14.2 Å². The van der Waals surface area contributed by atoms with Gasteiger partial charge in [0.25, 0.3) is 0 Å². The highest BCUT2D eigenvalue weighted by Gasteiger charge is 2.32. The lowest BCUT2D eigenvalue weighted by atomic mass is 9.97. The van der Waals surface area contributed by atoms with Gasteiger partial charge in [-0.2, -0.15) is 0 Å². The predicted octanol–water partition coefficient (Wildman–Crippen LogP) is 1.24. The summed E-state index contributed by atoms with van der Waals surface area (Å²) in [6.07, 6.45) is 1.81. The Bertz CT molecular complexity index is 545. The largest absolute Gasteiger partial charge is 0.496 e. The first kappa shape index (κ1) is 16.4. The molecule has 6 nitrogen and oxygen atoms in total. The molecule has 0 bridgehead atoms. The molecule has 6 heteroatoms. The topological polar surface area (TPSA) is 78.9 Å². The summed E-state index contributed by atoms with van der Waals surface area (Å²) in [6.45, 7) is 0. The molecule has 21 heavy (non-hydrogen) atoms. The molecule has 0 spiro atoms. The van der Waals surface area contributed by atoms with Gasteiger partial charge >= 0.3 is 11.9 Å². The first-order valence-corrected chi connectivity index (χ1v) is 6.04. The van der Waals surface area contributed by atoms with E-state index in [-0.39, 0.29) is 5.57 Å². The Labute approximate surface area is 122 Å². The summed E-state index contributed by atoms with van der Waals surface area (Å²) in [4.78, 5) is 34.7. The van der Waals surface area contributed by atoms with E-state index in [9.17, 15) is 14.4 Å². The zero-order chi connectivity index (χ0) is 15.8. The molecule has 0 saturated heterocycles. The lowest BCUT2D eigenvalue weighted by molar-refractivity contribution is -0.157. The van der Waals surface area contributed by atoms with Crippen LogP contribution in [0.15, 0.2) is 29.8 Å². The fraction of sp³-hybridized carbons (Fsp3) is 0.267. The van der Waals surface area contributed by atoms with Crippen molar-refractivity contribution in [1.29, 1.82) is 0 Å². The van der Waals surface area contributed by atoms with Crippen LogP contribution in [-0.2, 0) is 23.9 Å². The van der Waals surface area contributed by atoms with Crippen molar-refractivity contribution < 1.29 is 28.6 Å². The van der Waals surface area contributed by atoms with Gasteiger partial charge in [-0.3, -0.25) is 14.4 Å². The van der Waals surface area contributed by atoms with Crippen LogP contribution in [0.3, 0.4) is 0 Å². The van der Waals surface area contributed by atoms with E-state index in [4.69, 9.17) is 4.74 Å². The van der Waals surface area contributed by atoms with Crippen molar-refractivity contribution in [3.8, 4) is 5.75 Å². The summed E-state index contributed by atoms with van der Waals surface area (Å²) >= 11 is 0. The van der Waals surface area contributed by atoms with Crippen molar-refractivity contribution in [1.82, 2.24) is 0 Å². The van der Waals surface area contributed by atoms with Crippen LogP contribution in [0.1, 0.15) is 5.56 Å². The van der Waals surface area contributed by atoms with E-state index in [1.165, 1.54) is 13.2 Å². The van der Waals surface area contributed by atoms with Gasteiger partial charge in [0, 0.05) is 11.1 Å². The maximum absolute atomic E-state index is 11.7. The Kier molecular flexibility index (Phi) is 6.13. The zero-order valence-electron chi connectivity index (χ0n) is 12.0. The number of ether oxygens (including phenoxy) is 3. The molecule has 0 saturated carbocycles. The first-order valence-electron chi connectivity index (χ1n) is 6.04. The number of rotatable bonds is 6. The first-order chi connectivity index (χ1) is 10.1. The Balaban J connectivity index is 3.31. The SMILES string of the molecule is COC(=O)C(C(=O)OC)/C(C=O)=C/c1ccccc1OC. The molecular weight excluding hydrogens is 276 g/mol. The molecule has 0 unspecified atom stereocenters. The van der Waals surface area contributed by atoms with Crippen molar-refractivity contribution in [2.45, 2.75) is 0 Å². The van der Waals surface area contributed by atoms with Gasteiger partial charge in [0.15, 0.2) is 5.92 Å². The Hall–Kier alpha value is -2.63. The van der Waals surface area contributed by atoms with Crippen LogP contribution < -0.4 is 4.74 Å². The lowest BCUT2D eigenvalue weighted by Crippen LogP contribution is -2.28. The maximum Gasteiger partial charge on any atom is 0.324 e. The average Bonchev–Trinajstić information content (AvgIpc) is 2.53. The number of methoxy groups -OCH3 is 3. The van der Waals surface area contributed by atoms with Gasteiger partial charge in [0.05, 0.1) is 21.3 Å². The second kappa shape index (κ2) is 7.84. The van der Waals surface area contributed by atoms with E-state index in [1.54, 1.807) is 24.3 Å². The van der Waals surface area contributed by atoms with E-state index in [2.05, 4.69) is 9.47 Å². The zero-order valence-corrected chi connectivity index (χ0v) is 12.0. The van der Waals surface area contributed by atoms with E-state index in [0.717, 1.165) is 14.2 Å². The second-order valence-corrected chi connectivity index (χ2v) is 3.98. The molecule has 112 valence electrons. The van der Waals surface area contributed by atoms with Crippen LogP contribution in [0.5, 0.6) is 5.75 Å². The molecule has 0 heterocycles. The van der Waals surface area contributed by atoms with Gasteiger partial charge in [0.2, 0.25) is 0 Å². The summed E-state index contributed by atoms with van der Waals surface area (Å²) in [5, 5.41) is 0. The van der Waals surface area contributed by atoms with Crippen LogP contribution in [0.25, 0.3) is 6.08 Å². The number of hydrogen-bond donors (Lipinski definition) is 0.